The Bertz CT molecular complexity index is 652. The number of nitrogens with zero attached hydrogens (tertiary/aromatic N) is 5. The molecule has 2 aliphatic heterocycles. The van der Waals surface area contributed by atoms with Crippen LogP contribution in [0.1, 0.15) is 12.0 Å². The highest BCUT2D eigenvalue weighted by atomic mass is 16.5. The number of carbonyl (C=O) groups excluding carboxylic acids is 1. The highest BCUT2D eigenvalue weighted by Crippen LogP contribution is 2.30. The largest absolute Gasteiger partial charge is 0.480 e. The number of ether oxygens (including phenoxy) is 1. The third kappa shape index (κ3) is 4.05. The van der Waals surface area contributed by atoms with E-state index in [9.17, 15) is 9.59 Å². The number of anilines is 1. The third-order valence-corrected chi connectivity index (χ3v) is 4.66. The normalized spacial score (nSPS) is 24.1. The molecule has 1 amide bonds. The molecule has 3 rings (SSSR count). The molecular weight excluding hydrogens is 326 g/mol. The number of carboxylic acid groups (broad SMARTS) is 1. The standard InChI is InChI=1S/C16H23N5O4/c1-19(8-14(23)24)15-17-5-12(6-18-15)7-21-4-3-16(11-21)10-20(2)13(22)9-25-16/h5-6H,3-4,7-11H2,1-2H3,(H,23,24)/t16-/m1/s1. The smallest absolute Gasteiger partial charge is 0.323 e. The molecule has 0 aliphatic carbocycles. The van der Waals surface area contributed by atoms with Gasteiger partial charge >= 0.3 is 5.97 Å². The number of rotatable bonds is 5. The fourth-order valence-electron chi connectivity index (χ4n) is 3.36. The summed E-state index contributed by atoms with van der Waals surface area (Å²) in [5.74, 6) is -0.508. The highest BCUT2D eigenvalue weighted by molar-refractivity contribution is 5.78. The Morgan fingerprint density at radius 1 is 1.40 bits per heavy atom. The number of likely N-dealkylation sites (N-methyl/N-ethyl adjacent to an activating group) is 2. The van der Waals surface area contributed by atoms with E-state index in [1.54, 1.807) is 24.3 Å². The van der Waals surface area contributed by atoms with Gasteiger partial charge in [0.25, 0.3) is 0 Å². The Morgan fingerprint density at radius 2 is 2.12 bits per heavy atom. The Kier molecular flexibility index (Phi) is 4.87. The first kappa shape index (κ1) is 17.6. The second-order valence-corrected chi connectivity index (χ2v) is 6.82. The summed E-state index contributed by atoms with van der Waals surface area (Å²) in [7, 11) is 3.46. The minimum atomic E-state index is -0.923. The van der Waals surface area contributed by atoms with E-state index in [1.165, 1.54) is 4.90 Å². The molecule has 1 spiro atoms. The summed E-state index contributed by atoms with van der Waals surface area (Å²) >= 11 is 0. The van der Waals surface area contributed by atoms with Gasteiger partial charge in [0.15, 0.2) is 0 Å². The van der Waals surface area contributed by atoms with Gasteiger partial charge in [0, 0.05) is 51.7 Å². The number of morpholine rings is 1. The molecule has 1 aromatic rings. The minimum absolute atomic E-state index is 0.0264. The van der Waals surface area contributed by atoms with Gasteiger partial charge < -0.3 is 19.6 Å². The van der Waals surface area contributed by atoms with Crippen molar-refractivity contribution in [2.75, 3.05) is 51.8 Å². The van der Waals surface area contributed by atoms with Crippen LogP contribution < -0.4 is 4.90 Å². The molecule has 0 aromatic carbocycles. The molecule has 136 valence electrons. The van der Waals surface area contributed by atoms with Crippen molar-refractivity contribution in [1.29, 1.82) is 0 Å². The van der Waals surface area contributed by atoms with Crippen molar-refractivity contribution >= 4 is 17.8 Å². The Balaban J connectivity index is 1.57. The lowest BCUT2D eigenvalue weighted by Gasteiger charge is -2.38. The number of amides is 1. The maximum absolute atomic E-state index is 11.6. The SMILES string of the molecule is CN1C[C@@]2(CCN(Cc3cnc(N(C)CC(=O)O)nc3)C2)OCC1=O. The third-order valence-electron chi connectivity index (χ3n) is 4.66. The summed E-state index contributed by atoms with van der Waals surface area (Å²) < 4.78 is 5.84. The molecule has 2 fully saturated rings. The monoisotopic (exact) mass is 349 g/mol. The molecule has 2 saturated heterocycles. The quantitative estimate of drug-likeness (QED) is 0.755. The number of hydrogen-bond acceptors (Lipinski definition) is 7. The van der Waals surface area contributed by atoms with Gasteiger partial charge in [-0.3, -0.25) is 14.5 Å². The molecule has 9 heteroatoms. The first-order chi connectivity index (χ1) is 11.9. The number of likely N-dealkylation sites (tertiary alicyclic amines) is 1. The number of aromatic nitrogens is 2. The summed E-state index contributed by atoms with van der Waals surface area (Å²) in [6.45, 7) is 2.99. The van der Waals surface area contributed by atoms with Gasteiger partial charge in [-0.25, -0.2) is 9.97 Å². The lowest BCUT2D eigenvalue weighted by molar-refractivity contribution is -0.159. The Labute approximate surface area is 146 Å². The fourth-order valence-corrected chi connectivity index (χ4v) is 3.36. The number of hydrogen-bond donors (Lipinski definition) is 1. The average molecular weight is 349 g/mol. The summed E-state index contributed by atoms with van der Waals surface area (Å²) in [6.07, 6.45) is 4.34. The van der Waals surface area contributed by atoms with Gasteiger partial charge in [-0.05, 0) is 6.42 Å². The number of carboxylic acids is 1. The molecule has 2 aliphatic rings. The van der Waals surface area contributed by atoms with E-state index in [0.717, 1.165) is 25.1 Å². The maximum atomic E-state index is 11.6. The summed E-state index contributed by atoms with van der Waals surface area (Å²) in [5, 5.41) is 8.81. The van der Waals surface area contributed by atoms with Crippen molar-refractivity contribution in [1.82, 2.24) is 19.8 Å². The van der Waals surface area contributed by atoms with Crippen LogP contribution >= 0.6 is 0 Å². The Hall–Kier alpha value is -2.26. The summed E-state index contributed by atoms with van der Waals surface area (Å²) in [5.41, 5.74) is 0.690. The molecule has 0 saturated carbocycles. The zero-order chi connectivity index (χ0) is 18.0. The molecule has 0 unspecified atom stereocenters. The van der Waals surface area contributed by atoms with E-state index in [4.69, 9.17) is 9.84 Å². The van der Waals surface area contributed by atoms with Gasteiger partial charge in [0.1, 0.15) is 18.8 Å². The van der Waals surface area contributed by atoms with Gasteiger partial charge in [-0.2, -0.15) is 0 Å². The molecule has 3 heterocycles. The lowest BCUT2D eigenvalue weighted by Crippen LogP contribution is -2.54. The van der Waals surface area contributed by atoms with Gasteiger partial charge in [0.2, 0.25) is 11.9 Å². The molecule has 9 nitrogen and oxygen atoms in total. The van der Waals surface area contributed by atoms with Crippen molar-refractivity contribution in [2.45, 2.75) is 18.6 Å². The van der Waals surface area contributed by atoms with Gasteiger partial charge in [-0.1, -0.05) is 0 Å². The van der Waals surface area contributed by atoms with Crippen molar-refractivity contribution < 1.29 is 19.4 Å². The second kappa shape index (κ2) is 6.93. The van der Waals surface area contributed by atoms with Crippen molar-refractivity contribution in [3.63, 3.8) is 0 Å². The predicted octanol–water partition coefficient (Wildman–Crippen LogP) is -0.569. The summed E-state index contributed by atoms with van der Waals surface area (Å²) in [4.78, 5) is 36.3. The second-order valence-electron chi connectivity index (χ2n) is 6.82. The first-order valence-corrected chi connectivity index (χ1v) is 8.21. The minimum Gasteiger partial charge on any atom is -0.480 e. The van der Waals surface area contributed by atoms with E-state index in [1.807, 2.05) is 7.05 Å². The van der Waals surface area contributed by atoms with E-state index in [-0.39, 0.29) is 24.7 Å². The molecule has 0 bridgehead atoms. The molecule has 1 atom stereocenters. The van der Waals surface area contributed by atoms with Crippen molar-refractivity contribution in [3.05, 3.63) is 18.0 Å². The molecule has 25 heavy (non-hydrogen) atoms. The average Bonchev–Trinajstić information content (AvgIpc) is 2.94. The summed E-state index contributed by atoms with van der Waals surface area (Å²) in [6, 6.07) is 0. The van der Waals surface area contributed by atoms with Crippen LogP contribution in [-0.2, 0) is 20.9 Å². The van der Waals surface area contributed by atoms with Crippen LogP contribution in [0.4, 0.5) is 5.95 Å². The van der Waals surface area contributed by atoms with Gasteiger partial charge in [0.05, 0.1) is 6.54 Å². The molecular formula is C16H23N5O4. The topological polar surface area (TPSA) is 99.1 Å². The van der Waals surface area contributed by atoms with Crippen LogP contribution in [0.3, 0.4) is 0 Å². The molecule has 0 radical (unpaired) electrons. The fraction of sp³-hybridized carbons (Fsp3) is 0.625. The maximum Gasteiger partial charge on any atom is 0.323 e. The van der Waals surface area contributed by atoms with Crippen LogP contribution in [0.5, 0.6) is 0 Å². The highest BCUT2D eigenvalue weighted by Gasteiger charge is 2.43. The van der Waals surface area contributed by atoms with E-state index in [2.05, 4.69) is 14.9 Å². The van der Waals surface area contributed by atoms with E-state index < -0.39 is 5.97 Å². The molecule has 1 N–H and O–H groups in total. The van der Waals surface area contributed by atoms with E-state index in [0.29, 0.717) is 19.0 Å². The van der Waals surface area contributed by atoms with Crippen molar-refractivity contribution in [2.24, 2.45) is 0 Å². The first-order valence-electron chi connectivity index (χ1n) is 8.21. The zero-order valence-electron chi connectivity index (χ0n) is 14.5. The van der Waals surface area contributed by atoms with Crippen molar-refractivity contribution in [3.8, 4) is 0 Å². The van der Waals surface area contributed by atoms with Crippen LogP contribution in [0.15, 0.2) is 12.4 Å². The number of aliphatic carboxylic acids is 1. The molecule has 1 aromatic heterocycles. The van der Waals surface area contributed by atoms with E-state index >= 15 is 0 Å². The van der Waals surface area contributed by atoms with Crippen LogP contribution in [0, 0.1) is 0 Å². The number of carbonyl (C=O) groups is 2. The Morgan fingerprint density at radius 3 is 2.76 bits per heavy atom. The van der Waals surface area contributed by atoms with Crippen LogP contribution in [0.25, 0.3) is 0 Å². The van der Waals surface area contributed by atoms with Gasteiger partial charge in [-0.15, -0.1) is 0 Å². The van der Waals surface area contributed by atoms with Crippen LogP contribution in [0.2, 0.25) is 0 Å². The van der Waals surface area contributed by atoms with Crippen LogP contribution in [-0.4, -0.2) is 89.2 Å². The zero-order valence-corrected chi connectivity index (χ0v) is 14.5. The predicted molar refractivity (Wildman–Crippen MR) is 89.2 cm³/mol. The lowest BCUT2D eigenvalue weighted by atomic mass is 10.0.